The van der Waals surface area contributed by atoms with E-state index >= 15 is 0 Å². The first-order valence-corrected chi connectivity index (χ1v) is 22.5. The lowest BCUT2D eigenvalue weighted by molar-refractivity contribution is -0.137. The van der Waals surface area contributed by atoms with Crippen molar-refractivity contribution in [3.63, 3.8) is 0 Å². The maximum absolute atomic E-state index is 13.0. The van der Waals surface area contributed by atoms with E-state index in [2.05, 4.69) is 132 Å². The minimum Gasteiger partial charge on any atom is -0.413 e. The van der Waals surface area contributed by atoms with E-state index in [0.29, 0.717) is 6.42 Å². The molecule has 1 fully saturated rings. The number of benzene rings is 4. The minimum atomic E-state index is -4.54. The summed E-state index contributed by atoms with van der Waals surface area (Å²) in [6.45, 7) is 12.5. The van der Waals surface area contributed by atoms with Gasteiger partial charge in [0.05, 0.1) is 35.9 Å². The molecule has 2 atom stereocenters. The van der Waals surface area contributed by atoms with Crippen LogP contribution in [-0.2, 0) is 20.6 Å². The van der Waals surface area contributed by atoms with Gasteiger partial charge in [-0.2, -0.15) is 17.5 Å². The minimum absolute atomic E-state index is 0.0541. The van der Waals surface area contributed by atoms with Crippen molar-refractivity contribution in [3.05, 3.63) is 121 Å². The molecule has 0 unspecified atom stereocenters. The summed E-state index contributed by atoms with van der Waals surface area (Å²) < 4.78 is 71.6. The fourth-order valence-corrected chi connectivity index (χ4v) is 11.8. The zero-order valence-electron chi connectivity index (χ0n) is 28.4. The molecule has 258 valence electrons. The molecule has 0 aromatic heterocycles. The van der Waals surface area contributed by atoms with Gasteiger partial charge >= 0.3 is 6.18 Å². The second-order valence-corrected chi connectivity index (χ2v) is 23.9. The molecule has 0 bridgehead atoms. The summed E-state index contributed by atoms with van der Waals surface area (Å²) in [5.41, 5.74) is -0.911. The summed E-state index contributed by atoms with van der Waals surface area (Å²) >= 11 is 0. The quantitative estimate of drug-likeness (QED) is 0.152. The summed E-state index contributed by atoms with van der Waals surface area (Å²) in [7, 11) is -7.71. The third kappa shape index (κ3) is 8.47. The van der Waals surface area contributed by atoms with Gasteiger partial charge in [0.2, 0.25) is 10.0 Å². The molecule has 4 aromatic rings. The van der Waals surface area contributed by atoms with Crippen LogP contribution in [0.5, 0.6) is 0 Å². The molecule has 0 saturated carbocycles. The molecule has 1 heterocycles. The van der Waals surface area contributed by atoms with Gasteiger partial charge in [0.25, 0.3) is 0 Å². The van der Waals surface area contributed by atoms with Crippen molar-refractivity contribution in [2.45, 2.75) is 68.5 Å². The standard InChI is InChI=1S/C19H18P.C18H28F3NO4SSi/c1-20(17-11-5-2-6-12-17,18-13-7-3-8-14-18)19-15-9-4-10-16-19;1-17(2,3)28(4,5)26-15-10-14(12-23)22(11-15)27(24,25)16-8-6-13(7-9-16)18(19,20)21/h2-16H,1H3;6-9,14-15,23H,10-12H2,1-5H3/q+1;/t;14-,15+/m.0/s1. The molecular weight excluding hydrogens is 671 g/mol. The molecule has 5 nitrogen and oxygen atoms in total. The fraction of sp³-hybridized carbons (Fsp3) is 0.351. The van der Waals surface area contributed by atoms with Crippen molar-refractivity contribution in [2.75, 3.05) is 19.8 Å². The molecule has 5 rings (SSSR count). The summed E-state index contributed by atoms with van der Waals surface area (Å²) in [5.74, 6) is 0. The zero-order valence-corrected chi connectivity index (χ0v) is 31.1. The highest BCUT2D eigenvalue weighted by molar-refractivity contribution is 7.95. The van der Waals surface area contributed by atoms with Crippen LogP contribution in [0.2, 0.25) is 18.1 Å². The van der Waals surface area contributed by atoms with Crippen molar-refractivity contribution in [1.29, 1.82) is 0 Å². The van der Waals surface area contributed by atoms with Gasteiger partial charge in [0, 0.05) is 6.54 Å². The predicted octanol–water partition coefficient (Wildman–Crippen LogP) is 7.46. The Balaban J connectivity index is 0.000000228. The lowest BCUT2D eigenvalue weighted by Crippen LogP contribution is -2.44. The Labute approximate surface area is 285 Å². The Morgan fingerprint density at radius 3 is 1.56 bits per heavy atom. The van der Waals surface area contributed by atoms with Gasteiger partial charge in [-0.3, -0.25) is 0 Å². The lowest BCUT2D eigenvalue weighted by Gasteiger charge is -2.38. The van der Waals surface area contributed by atoms with Gasteiger partial charge in [-0.1, -0.05) is 75.4 Å². The van der Waals surface area contributed by atoms with Gasteiger partial charge in [0.1, 0.15) is 23.2 Å². The number of aliphatic hydroxyl groups is 1. The molecule has 0 amide bonds. The van der Waals surface area contributed by atoms with Crippen LogP contribution in [0, 0.1) is 0 Å². The third-order valence-corrected chi connectivity index (χ3v) is 19.9. The first-order valence-electron chi connectivity index (χ1n) is 15.9. The van der Waals surface area contributed by atoms with Crippen LogP contribution in [-0.4, -0.2) is 58.1 Å². The first-order chi connectivity index (χ1) is 22.4. The van der Waals surface area contributed by atoms with E-state index in [9.17, 15) is 26.7 Å². The van der Waals surface area contributed by atoms with Crippen LogP contribution < -0.4 is 15.9 Å². The largest absolute Gasteiger partial charge is 0.416 e. The maximum Gasteiger partial charge on any atom is 0.416 e. The highest BCUT2D eigenvalue weighted by Gasteiger charge is 2.46. The second-order valence-electron chi connectivity index (χ2n) is 13.7. The highest BCUT2D eigenvalue weighted by atomic mass is 32.2. The average molecular weight is 717 g/mol. The Kier molecular flexibility index (Phi) is 11.8. The number of hydrogen-bond acceptors (Lipinski definition) is 4. The smallest absolute Gasteiger partial charge is 0.413 e. The topological polar surface area (TPSA) is 66.8 Å². The van der Waals surface area contributed by atoms with Crippen molar-refractivity contribution >= 4 is 41.5 Å². The van der Waals surface area contributed by atoms with Gasteiger partial charge < -0.3 is 9.53 Å². The fourth-order valence-electron chi connectivity index (χ4n) is 5.56. The van der Waals surface area contributed by atoms with Crippen molar-refractivity contribution < 1.29 is 31.1 Å². The van der Waals surface area contributed by atoms with Crippen molar-refractivity contribution in [3.8, 4) is 0 Å². The maximum atomic E-state index is 13.0. The van der Waals surface area contributed by atoms with Crippen molar-refractivity contribution in [1.82, 2.24) is 4.31 Å². The number of hydrogen-bond donors (Lipinski definition) is 1. The van der Waals surface area contributed by atoms with E-state index in [1.807, 2.05) is 0 Å². The number of alkyl halides is 3. The summed E-state index contributed by atoms with van der Waals surface area (Å²) in [6, 6.07) is 35.4. The summed E-state index contributed by atoms with van der Waals surface area (Å²) in [4.78, 5) is -0.230. The molecule has 48 heavy (non-hydrogen) atoms. The molecule has 1 aliphatic rings. The van der Waals surface area contributed by atoms with Crippen LogP contribution in [0.4, 0.5) is 13.2 Å². The van der Waals surface area contributed by atoms with E-state index in [1.165, 1.54) is 15.9 Å². The van der Waals surface area contributed by atoms with Gasteiger partial charge in [-0.25, -0.2) is 8.42 Å². The van der Waals surface area contributed by atoms with E-state index in [0.717, 1.165) is 28.6 Å². The summed E-state index contributed by atoms with van der Waals surface area (Å²) in [6.07, 6.45) is -4.54. The van der Waals surface area contributed by atoms with Crippen LogP contribution in [0.15, 0.2) is 120 Å². The monoisotopic (exact) mass is 716 g/mol. The molecule has 11 heteroatoms. The average Bonchev–Trinajstić information content (AvgIpc) is 3.48. The van der Waals surface area contributed by atoms with Gasteiger partial charge in [0.15, 0.2) is 8.32 Å². The second kappa shape index (κ2) is 14.9. The normalized spacial score (nSPS) is 17.9. The third-order valence-electron chi connectivity index (χ3n) is 9.41. The number of nitrogens with zero attached hydrogens (tertiary/aromatic N) is 1. The molecule has 0 spiro atoms. The Morgan fingerprint density at radius 2 is 1.21 bits per heavy atom. The van der Waals surface area contributed by atoms with Crippen LogP contribution >= 0.6 is 7.26 Å². The lowest BCUT2D eigenvalue weighted by atomic mass is 10.2. The Hall–Kier alpha value is -2.85. The highest BCUT2D eigenvalue weighted by Crippen LogP contribution is 2.51. The van der Waals surface area contributed by atoms with Crippen LogP contribution in [0.1, 0.15) is 32.8 Å². The number of sulfonamides is 1. The zero-order chi connectivity index (χ0) is 35.4. The predicted molar refractivity (Wildman–Crippen MR) is 194 cm³/mol. The Morgan fingerprint density at radius 1 is 0.792 bits per heavy atom. The Bertz CT molecular complexity index is 1620. The van der Waals surface area contributed by atoms with Crippen molar-refractivity contribution in [2.24, 2.45) is 0 Å². The van der Waals surface area contributed by atoms with Gasteiger partial charge in [-0.05, 0) is 85.2 Å². The van der Waals surface area contributed by atoms with E-state index in [-0.39, 0.29) is 29.2 Å². The number of aliphatic hydroxyl groups excluding tert-OH is 1. The van der Waals surface area contributed by atoms with Gasteiger partial charge in [-0.15, -0.1) is 0 Å². The van der Waals surface area contributed by atoms with E-state index in [4.69, 9.17) is 4.43 Å². The molecule has 1 aliphatic heterocycles. The molecule has 4 aromatic carbocycles. The van der Waals surface area contributed by atoms with E-state index in [1.54, 1.807) is 0 Å². The van der Waals surface area contributed by atoms with Crippen LogP contribution in [0.25, 0.3) is 0 Å². The molecule has 0 radical (unpaired) electrons. The SMILES string of the molecule is CC(C)(C)[Si](C)(C)O[C@@H]1C[C@@H](CO)N(S(=O)(=O)c2ccc(C(F)(F)F)cc2)C1.C[P+](c1ccccc1)(c1ccccc1)c1ccccc1. The summed E-state index contributed by atoms with van der Waals surface area (Å²) in [5, 5.41) is 13.9. The molecule has 1 N–H and O–H groups in total. The molecule has 0 aliphatic carbocycles. The first kappa shape index (κ1) is 38.0. The van der Waals surface area contributed by atoms with Crippen LogP contribution in [0.3, 0.4) is 0 Å². The van der Waals surface area contributed by atoms with E-state index < -0.39 is 43.4 Å². The number of halogens is 3. The molecular formula is C37H46F3NO4PSSi+. The molecule has 1 saturated heterocycles. The number of rotatable bonds is 8.